The summed E-state index contributed by atoms with van der Waals surface area (Å²) >= 11 is 5.86. The molecular formula is C19H19ClN2O3. The van der Waals surface area contributed by atoms with Gasteiger partial charge in [-0.05, 0) is 43.4 Å². The number of hydrogen-bond acceptors (Lipinski definition) is 3. The van der Waals surface area contributed by atoms with Crippen LogP contribution in [0.5, 0.6) is 0 Å². The van der Waals surface area contributed by atoms with Crippen LogP contribution in [0.1, 0.15) is 35.7 Å². The van der Waals surface area contributed by atoms with Gasteiger partial charge in [-0.3, -0.25) is 14.9 Å². The predicted octanol–water partition coefficient (Wildman–Crippen LogP) is 4.69. The third kappa shape index (κ3) is 3.99. The van der Waals surface area contributed by atoms with E-state index in [1.165, 1.54) is 12.1 Å². The molecule has 0 heterocycles. The Morgan fingerprint density at radius 2 is 1.96 bits per heavy atom. The SMILES string of the molecule is CC(C1CC1)N(Cc1ccccc1)C(=O)c1ccc(Cl)c([N+](=O)[O-])c1. The molecule has 0 radical (unpaired) electrons. The molecule has 0 spiro atoms. The maximum Gasteiger partial charge on any atom is 0.288 e. The highest BCUT2D eigenvalue weighted by molar-refractivity contribution is 6.32. The first-order valence-corrected chi connectivity index (χ1v) is 8.64. The third-order valence-electron chi connectivity index (χ3n) is 4.64. The third-order valence-corrected chi connectivity index (χ3v) is 4.96. The van der Waals surface area contributed by atoms with E-state index in [9.17, 15) is 14.9 Å². The average Bonchev–Trinajstić information content (AvgIpc) is 3.45. The van der Waals surface area contributed by atoms with Crippen molar-refractivity contribution in [3.05, 3.63) is 74.8 Å². The second kappa shape index (κ2) is 7.23. The van der Waals surface area contributed by atoms with Crippen LogP contribution >= 0.6 is 11.6 Å². The maximum atomic E-state index is 13.1. The average molecular weight is 359 g/mol. The summed E-state index contributed by atoms with van der Waals surface area (Å²) in [6.07, 6.45) is 2.22. The Labute approximate surface area is 151 Å². The van der Waals surface area contributed by atoms with Gasteiger partial charge in [0.05, 0.1) is 4.92 Å². The first-order valence-electron chi connectivity index (χ1n) is 8.26. The van der Waals surface area contributed by atoms with Crippen LogP contribution < -0.4 is 0 Å². The summed E-state index contributed by atoms with van der Waals surface area (Å²) in [5, 5.41) is 11.1. The fourth-order valence-corrected chi connectivity index (χ4v) is 3.15. The van der Waals surface area contributed by atoms with Crippen LogP contribution in [0.25, 0.3) is 0 Å². The Hall–Kier alpha value is -2.40. The molecule has 3 rings (SSSR count). The monoisotopic (exact) mass is 358 g/mol. The molecule has 0 bridgehead atoms. The number of nitro groups is 1. The van der Waals surface area contributed by atoms with Gasteiger partial charge in [-0.1, -0.05) is 41.9 Å². The molecule has 1 amide bonds. The Morgan fingerprint density at radius 3 is 2.56 bits per heavy atom. The van der Waals surface area contributed by atoms with E-state index >= 15 is 0 Å². The molecule has 1 aliphatic carbocycles. The van der Waals surface area contributed by atoms with E-state index in [4.69, 9.17) is 11.6 Å². The van der Waals surface area contributed by atoms with Gasteiger partial charge in [0.2, 0.25) is 0 Å². The Kier molecular flexibility index (Phi) is 5.04. The molecule has 1 fully saturated rings. The molecule has 0 aromatic heterocycles. The molecule has 2 aromatic carbocycles. The number of carbonyl (C=O) groups excluding carboxylic acids is 1. The highest BCUT2D eigenvalue weighted by Crippen LogP contribution is 2.36. The van der Waals surface area contributed by atoms with Crippen LogP contribution in [0, 0.1) is 16.0 Å². The first-order chi connectivity index (χ1) is 12.0. The van der Waals surface area contributed by atoms with Gasteiger partial charge in [-0.15, -0.1) is 0 Å². The number of rotatable bonds is 6. The minimum Gasteiger partial charge on any atom is -0.331 e. The molecular weight excluding hydrogens is 340 g/mol. The number of hydrogen-bond donors (Lipinski definition) is 0. The fraction of sp³-hybridized carbons (Fsp3) is 0.316. The first kappa shape index (κ1) is 17.4. The van der Waals surface area contributed by atoms with Crippen LogP contribution in [0.3, 0.4) is 0 Å². The van der Waals surface area contributed by atoms with E-state index in [2.05, 4.69) is 0 Å². The maximum absolute atomic E-state index is 13.1. The summed E-state index contributed by atoms with van der Waals surface area (Å²) in [7, 11) is 0. The van der Waals surface area contributed by atoms with Crippen LogP contribution in [0.4, 0.5) is 5.69 Å². The molecule has 1 unspecified atom stereocenters. The van der Waals surface area contributed by atoms with Crippen molar-refractivity contribution in [3.63, 3.8) is 0 Å². The van der Waals surface area contributed by atoms with Gasteiger partial charge >= 0.3 is 0 Å². The summed E-state index contributed by atoms with van der Waals surface area (Å²) in [4.78, 5) is 25.4. The molecule has 0 saturated heterocycles. The van der Waals surface area contributed by atoms with Crippen molar-refractivity contribution >= 4 is 23.2 Å². The molecule has 2 aromatic rings. The lowest BCUT2D eigenvalue weighted by Gasteiger charge is -2.29. The molecule has 0 N–H and O–H groups in total. The van der Waals surface area contributed by atoms with Crippen LogP contribution in [-0.4, -0.2) is 21.8 Å². The van der Waals surface area contributed by atoms with Crippen LogP contribution in [0.15, 0.2) is 48.5 Å². The molecule has 0 aliphatic heterocycles. The van der Waals surface area contributed by atoms with E-state index in [-0.39, 0.29) is 22.7 Å². The van der Waals surface area contributed by atoms with Gasteiger partial charge in [0.15, 0.2) is 0 Å². The lowest BCUT2D eigenvalue weighted by molar-refractivity contribution is -0.384. The van der Waals surface area contributed by atoms with Gasteiger partial charge in [0.25, 0.3) is 11.6 Å². The van der Waals surface area contributed by atoms with E-state index in [1.54, 1.807) is 11.0 Å². The molecule has 5 nitrogen and oxygen atoms in total. The van der Waals surface area contributed by atoms with Gasteiger partial charge in [0.1, 0.15) is 5.02 Å². The Morgan fingerprint density at radius 1 is 1.28 bits per heavy atom. The van der Waals surface area contributed by atoms with Crippen molar-refractivity contribution in [2.75, 3.05) is 0 Å². The van der Waals surface area contributed by atoms with Crippen LogP contribution in [0.2, 0.25) is 5.02 Å². The van der Waals surface area contributed by atoms with Crippen molar-refractivity contribution < 1.29 is 9.72 Å². The zero-order chi connectivity index (χ0) is 18.0. The largest absolute Gasteiger partial charge is 0.331 e. The fourth-order valence-electron chi connectivity index (χ4n) is 2.97. The lowest BCUT2D eigenvalue weighted by Crippen LogP contribution is -2.39. The number of carbonyl (C=O) groups is 1. The highest BCUT2D eigenvalue weighted by atomic mass is 35.5. The smallest absolute Gasteiger partial charge is 0.288 e. The molecule has 1 aliphatic rings. The second-order valence-corrected chi connectivity index (χ2v) is 6.83. The normalized spacial score (nSPS) is 14.8. The zero-order valence-electron chi connectivity index (χ0n) is 13.9. The van der Waals surface area contributed by atoms with E-state index in [0.29, 0.717) is 18.0 Å². The predicted molar refractivity (Wildman–Crippen MR) is 96.6 cm³/mol. The molecule has 1 saturated carbocycles. The van der Waals surface area contributed by atoms with Crippen molar-refractivity contribution in [1.82, 2.24) is 4.90 Å². The quantitative estimate of drug-likeness (QED) is 0.556. The minimum atomic E-state index is -0.565. The summed E-state index contributed by atoms with van der Waals surface area (Å²) in [5.41, 5.74) is 1.08. The number of benzene rings is 2. The minimum absolute atomic E-state index is 0.0337. The Balaban J connectivity index is 1.91. The van der Waals surface area contributed by atoms with Gasteiger partial charge in [0, 0.05) is 24.2 Å². The van der Waals surface area contributed by atoms with E-state index in [0.717, 1.165) is 18.4 Å². The van der Waals surface area contributed by atoms with Gasteiger partial charge in [-0.25, -0.2) is 0 Å². The van der Waals surface area contributed by atoms with Crippen molar-refractivity contribution in [1.29, 1.82) is 0 Å². The topological polar surface area (TPSA) is 63.5 Å². The van der Waals surface area contributed by atoms with Crippen molar-refractivity contribution in [3.8, 4) is 0 Å². The molecule has 1 atom stereocenters. The number of amides is 1. The van der Waals surface area contributed by atoms with Crippen LogP contribution in [-0.2, 0) is 6.54 Å². The molecule has 130 valence electrons. The second-order valence-electron chi connectivity index (χ2n) is 6.42. The van der Waals surface area contributed by atoms with Crippen molar-refractivity contribution in [2.24, 2.45) is 5.92 Å². The van der Waals surface area contributed by atoms with Crippen molar-refractivity contribution in [2.45, 2.75) is 32.4 Å². The number of halogens is 1. The number of nitrogens with zero attached hydrogens (tertiary/aromatic N) is 2. The highest BCUT2D eigenvalue weighted by Gasteiger charge is 2.35. The summed E-state index contributed by atoms with van der Waals surface area (Å²) in [6.45, 7) is 2.52. The molecule has 6 heteroatoms. The van der Waals surface area contributed by atoms with E-state index in [1.807, 2.05) is 37.3 Å². The zero-order valence-corrected chi connectivity index (χ0v) is 14.6. The van der Waals surface area contributed by atoms with Gasteiger partial charge in [-0.2, -0.15) is 0 Å². The lowest BCUT2D eigenvalue weighted by atomic mass is 10.1. The van der Waals surface area contributed by atoms with E-state index < -0.39 is 4.92 Å². The van der Waals surface area contributed by atoms with Gasteiger partial charge < -0.3 is 4.90 Å². The number of nitro benzene ring substituents is 1. The summed E-state index contributed by atoms with van der Waals surface area (Å²) in [6, 6.07) is 14.1. The Bertz CT molecular complexity index is 791. The summed E-state index contributed by atoms with van der Waals surface area (Å²) in [5.74, 6) is 0.290. The standard InChI is InChI=1S/C19H19ClN2O3/c1-13(15-7-8-15)21(12-14-5-3-2-4-6-14)19(23)16-9-10-17(20)18(11-16)22(24)25/h2-6,9-11,13,15H,7-8,12H2,1H3. The molecule has 25 heavy (non-hydrogen) atoms. The summed E-state index contributed by atoms with van der Waals surface area (Å²) < 4.78 is 0.